The lowest BCUT2D eigenvalue weighted by Gasteiger charge is -2.35. The highest BCUT2D eigenvalue weighted by molar-refractivity contribution is 7.16. The van der Waals surface area contributed by atoms with Crippen LogP contribution in [0, 0.1) is 23.2 Å². The molecule has 1 unspecified atom stereocenters. The van der Waals surface area contributed by atoms with Crippen LogP contribution in [0.5, 0.6) is 0 Å². The fourth-order valence-corrected chi connectivity index (χ4v) is 6.17. The van der Waals surface area contributed by atoms with Gasteiger partial charge in [-0.05, 0) is 48.8 Å². The van der Waals surface area contributed by atoms with Gasteiger partial charge in [0.2, 0.25) is 5.91 Å². The zero-order valence-corrected chi connectivity index (χ0v) is 18.6. The van der Waals surface area contributed by atoms with E-state index in [0.29, 0.717) is 42.1 Å². The summed E-state index contributed by atoms with van der Waals surface area (Å²) in [5.41, 5.74) is 7.31. The first-order valence-corrected chi connectivity index (χ1v) is 11.8. The van der Waals surface area contributed by atoms with E-state index in [4.69, 9.17) is 5.73 Å². The largest absolute Gasteiger partial charge is 0.416 e. The number of alkyl halides is 3. The lowest BCUT2D eigenvalue weighted by atomic mass is 9.76. The van der Waals surface area contributed by atoms with Crippen molar-refractivity contribution >= 4 is 22.2 Å². The molecule has 1 fully saturated rings. The molecule has 0 spiro atoms. The van der Waals surface area contributed by atoms with Gasteiger partial charge in [-0.15, -0.1) is 11.3 Å². The summed E-state index contributed by atoms with van der Waals surface area (Å²) >= 11 is 1.35. The zero-order chi connectivity index (χ0) is 22.9. The molecule has 2 N–H and O–H groups in total. The van der Waals surface area contributed by atoms with Crippen LogP contribution in [0.1, 0.15) is 59.2 Å². The van der Waals surface area contributed by atoms with Gasteiger partial charge < -0.3 is 10.6 Å². The summed E-state index contributed by atoms with van der Waals surface area (Å²) in [6.45, 7) is 0.916. The minimum Gasteiger partial charge on any atom is -0.389 e. The number of hydrogen-bond donors (Lipinski definition) is 1. The van der Waals surface area contributed by atoms with E-state index in [9.17, 15) is 23.2 Å². The number of nitrogens with zero attached hydrogens (tertiary/aromatic N) is 2. The summed E-state index contributed by atoms with van der Waals surface area (Å²) in [4.78, 5) is 16.4. The molecule has 170 valence electrons. The maximum Gasteiger partial charge on any atom is 0.416 e. The average Bonchev–Trinajstić information content (AvgIpc) is 3.11. The van der Waals surface area contributed by atoms with E-state index in [1.807, 2.05) is 4.90 Å². The molecular weight excluding hydrogens is 435 g/mol. The van der Waals surface area contributed by atoms with E-state index < -0.39 is 11.7 Å². The van der Waals surface area contributed by atoms with Gasteiger partial charge in [0.15, 0.2) is 0 Å². The molecule has 4 rings (SSSR count). The number of hydrogen-bond acceptors (Lipinski definition) is 4. The van der Waals surface area contributed by atoms with E-state index in [-0.39, 0.29) is 17.7 Å². The zero-order valence-electron chi connectivity index (χ0n) is 17.8. The lowest BCUT2D eigenvalue weighted by Crippen LogP contribution is -2.43. The third-order valence-corrected chi connectivity index (χ3v) is 7.80. The predicted octanol–water partition coefficient (Wildman–Crippen LogP) is 5.54. The third kappa shape index (κ3) is 4.63. The van der Waals surface area contributed by atoms with Crippen molar-refractivity contribution in [3.8, 4) is 6.07 Å². The fraction of sp³-hybridized carbons (Fsp3) is 0.500. The Hall–Kier alpha value is -2.53. The number of thiophene rings is 1. The molecule has 2 heterocycles. The van der Waals surface area contributed by atoms with Crippen LogP contribution in [0.25, 0.3) is 0 Å². The fourth-order valence-electron chi connectivity index (χ4n) is 5.09. The van der Waals surface area contributed by atoms with Gasteiger partial charge in [0, 0.05) is 17.3 Å². The maximum absolute atomic E-state index is 13.7. The number of anilines is 1. The molecule has 32 heavy (non-hydrogen) atoms. The molecule has 8 heteroatoms. The molecule has 4 nitrogen and oxygen atoms in total. The van der Waals surface area contributed by atoms with Crippen molar-refractivity contribution in [1.29, 1.82) is 5.26 Å². The SMILES string of the molecule is N#Cc1c(N)sc2c1CCN(C(=O)C(Cc1cccc(C(F)(F)F)c1)C1CCCCC1)C2. The Bertz CT molecular complexity index is 1030. The molecule has 1 aromatic heterocycles. The van der Waals surface area contributed by atoms with E-state index in [1.165, 1.54) is 23.5 Å². The van der Waals surface area contributed by atoms with Crippen molar-refractivity contribution in [3.05, 3.63) is 51.4 Å². The van der Waals surface area contributed by atoms with E-state index in [1.54, 1.807) is 6.07 Å². The summed E-state index contributed by atoms with van der Waals surface area (Å²) in [6, 6.07) is 7.52. The number of nitrogens with two attached hydrogens (primary N) is 1. The molecule has 1 saturated carbocycles. The van der Waals surface area contributed by atoms with Gasteiger partial charge in [-0.25, -0.2) is 0 Å². The van der Waals surface area contributed by atoms with Gasteiger partial charge in [0.1, 0.15) is 11.1 Å². The number of halogens is 3. The van der Waals surface area contributed by atoms with Gasteiger partial charge in [0.05, 0.1) is 17.7 Å². The van der Waals surface area contributed by atoms with Crippen LogP contribution >= 0.6 is 11.3 Å². The van der Waals surface area contributed by atoms with E-state index in [0.717, 1.165) is 48.6 Å². The molecule has 0 radical (unpaired) electrons. The van der Waals surface area contributed by atoms with Crippen molar-refractivity contribution in [2.45, 2.75) is 57.7 Å². The van der Waals surface area contributed by atoms with Crippen molar-refractivity contribution in [3.63, 3.8) is 0 Å². The second-order valence-corrected chi connectivity index (χ2v) is 9.91. The number of benzene rings is 1. The van der Waals surface area contributed by atoms with Crippen LogP contribution in [0.15, 0.2) is 24.3 Å². The van der Waals surface area contributed by atoms with Crippen LogP contribution in [-0.2, 0) is 30.4 Å². The Kier molecular flexibility index (Phi) is 6.47. The predicted molar refractivity (Wildman–Crippen MR) is 118 cm³/mol. The molecule has 2 aromatic rings. The molecule has 0 saturated heterocycles. The number of carbonyl (C=O) groups is 1. The monoisotopic (exact) mass is 461 g/mol. The van der Waals surface area contributed by atoms with Crippen LogP contribution in [0.2, 0.25) is 0 Å². The molecule has 2 aliphatic rings. The topological polar surface area (TPSA) is 70.1 Å². The lowest BCUT2D eigenvalue weighted by molar-refractivity contribution is -0.138. The summed E-state index contributed by atoms with van der Waals surface area (Å²) in [5.74, 6) is -0.159. The van der Waals surface area contributed by atoms with Gasteiger partial charge in [-0.2, -0.15) is 18.4 Å². The molecule has 1 aliphatic heterocycles. The Balaban J connectivity index is 1.58. The highest BCUT2D eigenvalue weighted by Gasteiger charge is 2.36. The van der Waals surface area contributed by atoms with Crippen molar-refractivity contribution in [2.75, 3.05) is 12.3 Å². The summed E-state index contributed by atoms with van der Waals surface area (Å²) in [5, 5.41) is 9.84. The highest BCUT2D eigenvalue weighted by atomic mass is 32.1. The van der Waals surface area contributed by atoms with Gasteiger partial charge in [0.25, 0.3) is 0 Å². The minimum atomic E-state index is -4.40. The molecule has 1 aliphatic carbocycles. The summed E-state index contributed by atoms with van der Waals surface area (Å²) < 4.78 is 39.6. The van der Waals surface area contributed by atoms with Crippen LogP contribution < -0.4 is 5.73 Å². The van der Waals surface area contributed by atoms with Gasteiger partial charge >= 0.3 is 6.18 Å². The summed E-state index contributed by atoms with van der Waals surface area (Å²) in [6.07, 6.45) is 1.59. The second-order valence-electron chi connectivity index (χ2n) is 8.77. The number of carbonyl (C=O) groups excluding carboxylic acids is 1. The normalized spacial score (nSPS) is 18.1. The number of nitriles is 1. The van der Waals surface area contributed by atoms with Crippen molar-refractivity contribution < 1.29 is 18.0 Å². The molecule has 0 bridgehead atoms. The number of rotatable bonds is 4. The van der Waals surface area contributed by atoms with Crippen molar-refractivity contribution in [2.24, 2.45) is 11.8 Å². The summed E-state index contributed by atoms with van der Waals surface area (Å²) in [7, 11) is 0. The molecule has 1 aromatic carbocycles. The Morgan fingerprint density at radius 2 is 2.03 bits per heavy atom. The second kappa shape index (κ2) is 9.14. The maximum atomic E-state index is 13.7. The Labute approximate surface area is 189 Å². The minimum absolute atomic E-state index is 0.00504. The highest BCUT2D eigenvalue weighted by Crippen LogP contribution is 2.38. The first-order chi connectivity index (χ1) is 15.3. The number of nitrogen functional groups attached to an aromatic ring is 1. The van der Waals surface area contributed by atoms with Crippen LogP contribution in [-0.4, -0.2) is 17.4 Å². The Morgan fingerprint density at radius 1 is 1.28 bits per heavy atom. The smallest absolute Gasteiger partial charge is 0.389 e. The number of fused-ring (bicyclic) bond motifs is 1. The van der Waals surface area contributed by atoms with E-state index in [2.05, 4.69) is 6.07 Å². The van der Waals surface area contributed by atoms with E-state index >= 15 is 0 Å². The standard InChI is InChI=1S/C24H26F3N3OS/c25-24(26,27)17-8-4-5-15(11-17)12-19(16-6-2-1-3-7-16)23(31)30-10-9-18-20(13-28)22(29)32-21(18)14-30/h4-5,8,11,16,19H,1-3,6-7,9-10,12,14,29H2. The van der Waals surface area contributed by atoms with Crippen molar-refractivity contribution in [1.82, 2.24) is 4.90 Å². The average molecular weight is 462 g/mol. The molecule has 1 amide bonds. The molecular formula is C24H26F3N3OS. The molecule has 1 atom stereocenters. The van der Waals surface area contributed by atoms with Crippen LogP contribution in [0.3, 0.4) is 0 Å². The first-order valence-electron chi connectivity index (χ1n) is 11.0. The van der Waals surface area contributed by atoms with Gasteiger partial charge in [-0.3, -0.25) is 4.79 Å². The quantitative estimate of drug-likeness (QED) is 0.649. The Morgan fingerprint density at radius 3 is 2.72 bits per heavy atom. The number of amides is 1. The van der Waals surface area contributed by atoms with Crippen LogP contribution in [0.4, 0.5) is 18.2 Å². The van der Waals surface area contributed by atoms with Gasteiger partial charge in [-0.1, -0.05) is 37.5 Å². The first kappa shape index (κ1) is 22.7. The third-order valence-electron chi connectivity index (χ3n) is 6.75.